The summed E-state index contributed by atoms with van der Waals surface area (Å²) in [6.45, 7) is 7.27. The van der Waals surface area contributed by atoms with Crippen molar-refractivity contribution in [3.8, 4) is 11.5 Å². The van der Waals surface area contributed by atoms with Crippen molar-refractivity contribution in [1.82, 2.24) is 0 Å². The molecule has 1 nitrogen and oxygen atoms in total. The summed E-state index contributed by atoms with van der Waals surface area (Å²) in [6.07, 6.45) is -4.47. The molecule has 0 bridgehead atoms. The first-order valence-corrected chi connectivity index (χ1v) is 7.29. The molecule has 2 aromatic carbocycles. The summed E-state index contributed by atoms with van der Waals surface area (Å²) in [5.74, 6) is 0.142. The minimum atomic E-state index is -4.47. The summed E-state index contributed by atoms with van der Waals surface area (Å²) < 4.78 is 45.4. The molecule has 0 unspecified atom stereocenters. The van der Waals surface area contributed by atoms with Gasteiger partial charge in [0.15, 0.2) is 0 Å². The molecule has 116 valence electrons. The number of para-hydroxylation sites is 1. The highest BCUT2D eigenvalue weighted by atomic mass is 79.9. The molecule has 0 aliphatic carbocycles. The first-order valence-electron chi connectivity index (χ1n) is 6.50. The molecular weight excluding hydrogens is 357 g/mol. The zero-order chi connectivity index (χ0) is 16.5. The third-order valence-electron chi connectivity index (χ3n) is 3.15. The van der Waals surface area contributed by atoms with Crippen LogP contribution in [0.25, 0.3) is 5.57 Å². The standard InChI is InChI=1S/C17H14BrF3O/c1-10(2)12-7-8-15(14(18)9-12)22-16-11(3)5-4-6-13(16)17(19,20)21/h4-9H,1H2,2-3H3. The number of halogens is 4. The van der Waals surface area contributed by atoms with E-state index in [-0.39, 0.29) is 5.75 Å². The molecule has 0 N–H and O–H groups in total. The first-order chi connectivity index (χ1) is 10.2. The van der Waals surface area contributed by atoms with Gasteiger partial charge < -0.3 is 4.74 Å². The highest BCUT2D eigenvalue weighted by Crippen LogP contribution is 2.41. The molecular formula is C17H14BrF3O. The summed E-state index contributed by atoms with van der Waals surface area (Å²) in [6, 6.07) is 9.11. The van der Waals surface area contributed by atoms with Gasteiger partial charge in [-0.1, -0.05) is 30.4 Å². The van der Waals surface area contributed by atoms with Crippen molar-refractivity contribution in [2.45, 2.75) is 20.0 Å². The van der Waals surface area contributed by atoms with Gasteiger partial charge in [0.25, 0.3) is 0 Å². The van der Waals surface area contributed by atoms with Crippen molar-refractivity contribution in [3.63, 3.8) is 0 Å². The van der Waals surface area contributed by atoms with E-state index in [0.29, 0.717) is 15.8 Å². The third-order valence-corrected chi connectivity index (χ3v) is 3.77. The fraction of sp³-hybridized carbons (Fsp3) is 0.176. The number of hydrogen-bond donors (Lipinski definition) is 0. The third kappa shape index (κ3) is 3.53. The number of hydrogen-bond acceptors (Lipinski definition) is 1. The molecule has 2 aromatic rings. The Kier molecular flexibility index (Phi) is 4.66. The molecule has 0 heterocycles. The lowest BCUT2D eigenvalue weighted by molar-refractivity contribution is -0.138. The summed E-state index contributed by atoms with van der Waals surface area (Å²) in [7, 11) is 0. The van der Waals surface area contributed by atoms with Gasteiger partial charge in [0, 0.05) is 0 Å². The maximum Gasteiger partial charge on any atom is 0.419 e. The molecule has 5 heteroatoms. The Hall–Kier alpha value is -1.75. The van der Waals surface area contributed by atoms with E-state index >= 15 is 0 Å². The minimum Gasteiger partial charge on any atom is -0.455 e. The molecule has 0 saturated heterocycles. The minimum absolute atomic E-state index is 0.182. The summed E-state index contributed by atoms with van der Waals surface area (Å²) in [5.41, 5.74) is 1.38. The molecule has 0 spiro atoms. The molecule has 0 radical (unpaired) electrons. The Morgan fingerprint density at radius 2 is 1.86 bits per heavy atom. The monoisotopic (exact) mass is 370 g/mol. The smallest absolute Gasteiger partial charge is 0.419 e. The molecule has 22 heavy (non-hydrogen) atoms. The van der Waals surface area contributed by atoms with Crippen LogP contribution in [0.15, 0.2) is 47.4 Å². The molecule has 0 fully saturated rings. The highest BCUT2D eigenvalue weighted by Gasteiger charge is 2.35. The van der Waals surface area contributed by atoms with E-state index < -0.39 is 11.7 Å². The molecule has 0 aliphatic rings. The van der Waals surface area contributed by atoms with Gasteiger partial charge in [-0.2, -0.15) is 13.2 Å². The Bertz CT molecular complexity index is 720. The molecule has 0 amide bonds. The second kappa shape index (κ2) is 6.16. The molecule has 0 aromatic heterocycles. The molecule has 2 rings (SSSR count). The van der Waals surface area contributed by atoms with E-state index in [0.717, 1.165) is 17.2 Å². The number of benzene rings is 2. The van der Waals surface area contributed by atoms with E-state index in [1.807, 2.05) is 6.92 Å². The van der Waals surface area contributed by atoms with Crippen LogP contribution in [-0.4, -0.2) is 0 Å². The largest absolute Gasteiger partial charge is 0.455 e. The van der Waals surface area contributed by atoms with Gasteiger partial charge in [0.2, 0.25) is 0 Å². The molecule has 0 atom stereocenters. The number of aryl methyl sites for hydroxylation is 1. The van der Waals surface area contributed by atoms with Gasteiger partial charge in [-0.05, 0) is 59.1 Å². The maximum atomic E-state index is 13.1. The van der Waals surface area contributed by atoms with Crippen LogP contribution < -0.4 is 4.74 Å². The lowest BCUT2D eigenvalue weighted by Crippen LogP contribution is -2.08. The zero-order valence-electron chi connectivity index (χ0n) is 12.1. The Labute approximate surface area is 135 Å². The Balaban J connectivity index is 2.46. The SMILES string of the molecule is C=C(C)c1ccc(Oc2c(C)cccc2C(F)(F)F)c(Br)c1. The van der Waals surface area contributed by atoms with Gasteiger partial charge in [-0.15, -0.1) is 0 Å². The van der Waals surface area contributed by atoms with Crippen LogP contribution >= 0.6 is 15.9 Å². The fourth-order valence-electron chi connectivity index (χ4n) is 1.97. The van der Waals surface area contributed by atoms with Crippen LogP contribution in [-0.2, 0) is 6.18 Å². The number of rotatable bonds is 3. The van der Waals surface area contributed by atoms with Crippen LogP contribution in [0.2, 0.25) is 0 Å². The van der Waals surface area contributed by atoms with Crippen LogP contribution in [0, 0.1) is 6.92 Å². The van der Waals surface area contributed by atoms with Crippen LogP contribution in [0.3, 0.4) is 0 Å². The zero-order valence-corrected chi connectivity index (χ0v) is 13.7. The molecule has 0 aliphatic heterocycles. The lowest BCUT2D eigenvalue weighted by atomic mass is 10.1. The van der Waals surface area contributed by atoms with Crippen molar-refractivity contribution in [2.24, 2.45) is 0 Å². The lowest BCUT2D eigenvalue weighted by Gasteiger charge is -2.17. The number of ether oxygens (including phenoxy) is 1. The average Bonchev–Trinajstić information content (AvgIpc) is 2.41. The average molecular weight is 371 g/mol. The second-order valence-corrected chi connectivity index (χ2v) is 5.83. The summed E-state index contributed by atoms with van der Waals surface area (Å²) >= 11 is 3.33. The van der Waals surface area contributed by atoms with Crippen molar-refractivity contribution in [3.05, 3.63) is 64.1 Å². The topological polar surface area (TPSA) is 9.23 Å². The number of alkyl halides is 3. The number of allylic oxidation sites excluding steroid dienone is 1. The van der Waals surface area contributed by atoms with E-state index in [1.165, 1.54) is 6.07 Å². The van der Waals surface area contributed by atoms with Crippen LogP contribution in [0.1, 0.15) is 23.6 Å². The highest BCUT2D eigenvalue weighted by molar-refractivity contribution is 9.10. The fourth-order valence-corrected chi connectivity index (χ4v) is 2.43. The molecule has 0 saturated carbocycles. The van der Waals surface area contributed by atoms with Crippen molar-refractivity contribution >= 4 is 21.5 Å². The van der Waals surface area contributed by atoms with Gasteiger partial charge >= 0.3 is 6.18 Å². The first kappa shape index (κ1) is 16.6. The predicted octanol–water partition coefficient (Wildman–Crippen LogP) is 6.60. The summed E-state index contributed by atoms with van der Waals surface area (Å²) in [4.78, 5) is 0. The predicted molar refractivity (Wildman–Crippen MR) is 85.1 cm³/mol. The van der Waals surface area contributed by atoms with Gasteiger partial charge in [0.1, 0.15) is 11.5 Å². The van der Waals surface area contributed by atoms with Gasteiger partial charge in [-0.25, -0.2) is 0 Å². The van der Waals surface area contributed by atoms with E-state index in [2.05, 4.69) is 22.5 Å². The summed E-state index contributed by atoms with van der Waals surface area (Å²) in [5, 5.41) is 0. The van der Waals surface area contributed by atoms with Crippen LogP contribution in [0.4, 0.5) is 13.2 Å². The van der Waals surface area contributed by atoms with Crippen molar-refractivity contribution in [2.75, 3.05) is 0 Å². The van der Waals surface area contributed by atoms with Gasteiger partial charge in [0.05, 0.1) is 10.0 Å². The Morgan fingerprint density at radius 3 is 2.41 bits per heavy atom. The van der Waals surface area contributed by atoms with Crippen molar-refractivity contribution in [1.29, 1.82) is 0 Å². The normalized spacial score (nSPS) is 11.4. The van der Waals surface area contributed by atoms with E-state index in [4.69, 9.17) is 4.74 Å². The maximum absolute atomic E-state index is 13.1. The van der Waals surface area contributed by atoms with Gasteiger partial charge in [-0.3, -0.25) is 0 Å². The quantitative estimate of drug-likeness (QED) is 0.591. The Morgan fingerprint density at radius 1 is 1.18 bits per heavy atom. The van der Waals surface area contributed by atoms with E-state index in [9.17, 15) is 13.2 Å². The second-order valence-electron chi connectivity index (χ2n) is 4.98. The van der Waals surface area contributed by atoms with E-state index in [1.54, 1.807) is 31.2 Å². The van der Waals surface area contributed by atoms with Crippen LogP contribution in [0.5, 0.6) is 11.5 Å². The van der Waals surface area contributed by atoms with Crippen molar-refractivity contribution < 1.29 is 17.9 Å².